The lowest BCUT2D eigenvalue weighted by Gasteiger charge is -2.14. The van der Waals surface area contributed by atoms with Crippen molar-refractivity contribution in [1.82, 2.24) is 9.55 Å². The Hall–Kier alpha value is -3.02. The molecule has 0 N–H and O–H groups in total. The number of hydrogen-bond acceptors (Lipinski definition) is 4. The van der Waals surface area contributed by atoms with Crippen LogP contribution in [-0.4, -0.2) is 22.9 Å². The molecule has 3 aromatic rings. The number of halogens is 1. The number of fused-ring (bicyclic) bond motifs is 1. The van der Waals surface area contributed by atoms with E-state index in [1.165, 1.54) is 19.4 Å². The fourth-order valence-corrected chi connectivity index (χ4v) is 2.99. The van der Waals surface area contributed by atoms with Crippen molar-refractivity contribution in [2.75, 3.05) is 7.11 Å². The van der Waals surface area contributed by atoms with Crippen molar-refractivity contribution in [2.45, 2.75) is 26.3 Å². The van der Waals surface area contributed by atoms with E-state index in [4.69, 9.17) is 4.74 Å². The van der Waals surface area contributed by atoms with E-state index in [-0.39, 0.29) is 16.9 Å². The van der Waals surface area contributed by atoms with Crippen LogP contribution in [0.15, 0.2) is 41.6 Å². The SMILES string of the molecule is CCCCn1cc(-c2cc(F)c(C=O)c(OC)c2)c2ccncc2c1=O. The van der Waals surface area contributed by atoms with Gasteiger partial charge in [0.05, 0.1) is 18.1 Å². The Balaban J connectivity index is 2.31. The van der Waals surface area contributed by atoms with E-state index in [1.807, 2.05) is 6.92 Å². The first-order chi connectivity index (χ1) is 12.6. The quantitative estimate of drug-likeness (QED) is 0.631. The lowest BCUT2D eigenvalue weighted by Crippen LogP contribution is -2.20. The Labute approximate surface area is 150 Å². The minimum Gasteiger partial charge on any atom is -0.496 e. The molecule has 0 unspecified atom stereocenters. The number of pyridine rings is 2. The molecule has 0 aliphatic heterocycles. The van der Waals surface area contributed by atoms with Crippen LogP contribution < -0.4 is 10.3 Å². The molecular formula is C20H19FN2O3. The van der Waals surface area contributed by atoms with Gasteiger partial charge < -0.3 is 9.30 Å². The minimum atomic E-state index is -0.664. The Bertz CT molecular complexity index is 1030. The molecule has 134 valence electrons. The molecule has 0 radical (unpaired) electrons. The fraction of sp³-hybridized carbons (Fsp3) is 0.250. The normalized spacial score (nSPS) is 10.9. The molecule has 3 rings (SSSR count). The van der Waals surface area contributed by atoms with Gasteiger partial charge in [-0.2, -0.15) is 0 Å². The summed E-state index contributed by atoms with van der Waals surface area (Å²) in [7, 11) is 1.38. The van der Waals surface area contributed by atoms with Crippen LogP contribution in [0, 0.1) is 5.82 Å². The van der Waals surface area contributed by atoms with Gasteiger partial charge in [-0.25, -0.2) is 4.39 Å². The third-order valence-corrected chi connectivity index (χ3v) is 4.38. The van der Waals surface area contributed by atoms with Gasteiger partial charge in [0.2, 0.25) is 0 Å². The highest BCUT2D eigenvalue weighted by molar-refractivity contribution is 5.96. The molecule has 0 spiro atoms. The number of aromatic nitrogens is 2. The summed E-state index contributed by atoms with van der Waals surface area (Å²) in [5.41, 5.74) is 0.975. The number of aldehydes is 1. The molecule has 5 nitrogen and oxygen atoms in total. The maximum absolute atomic E-state index is 14.4. The second kappa shape index (κ2) is 7.47. The molecule has 0 saturated heterocycles. The topological polar surface area (TPSA) is 61.2 Å². The van der Waals surface area contributed by atoms with Gasteiger partial charge in [-0.3, -0.25) is 14.6 Å². The summed E-state index contributed by atoms with van der Waals surface area (Å²) < 4.78 is 21.2. The average Bonchev–Trinajstić information content (AvgIpc) is 2.67. The predicted molar refractivity (Wildman–Crippen MR) is 98.2 cm³/mol. The molecule has 6 heteroatoms. The first-order valence-electron chi connectivity index (χ1n) is 8.41. The van der Waals surface area contributed by atoms with Gasteiger partial charge in [0.15, 0.2) is 6.29 Å². The van der Waals surface area contributed by atoms with Crippen molar-refractivity contribution in [2.24, 2.45) is 0 Å². The number of hydrogen-bond donors (Lipinski definition) is 0. The Morgan fingerprint density at radius 1 is 1.31 bits per heavy atom. The van der Waals surface area contributed by atoms with Crippen LogP contribution in [0.3, 0.4) is 0 Å². The Kier molecular flexibility index (Phi) is 5.11. The van der Waals surface area contributed by atoms with Crippen LogP contribution in [-0.2, 0) is 6.54 Å². The summed E-state index contributed by atoms with van der Waals surface area (Å²) in [6.07, 6.45) is 7.08. The molecular weight excluding hydrogens is 335 g/mol. The number of unbranched alkanes of at least 4 members (excludes halogenated alkanes) is 1. The summed E-state index contributed by atoms with van der Waals surface area (Å²) in [6.45, 7) is 2.62. The number of carbonyl (C=O) groups is 1. The third-order valence-electron chi connectivity index (χ3n) is 4.38. The molecule has 1 aromatic carbocycles. The summed E-state index contributed by atoms with van der Waals surface area (Å²) in [5.74, 6) is -0.508. The zero-order valence-corrected chi connectivity index (χ0v) is 14.7. The number of carbonyl (C=O) groups excluding carboxylic acids is 1. The maximum Gasteiger partial charge on any atom is 0.260 e. The molecule has 26 heavy (non-hydrogen) atoms. The lowest BCUT2D eigenvalue weighted by molar-refractivity contribution is 0.111. The molecule has 2 heterocycles. The first kappa shape index (κ1) is 17.8. The monoisotopic (exact) mass is 354 g/mol. The van der Waals surface area contributed by atoms with Gasteiger partial charge in [0.1, 0.15) is 11.6 Å². The van der Waals surface area contributed by atoms with Crippen LogP contribution in [0.4, 0.5) is 4.39 Å². The fourth-order valence-electron chi connectivity index (χ4n) is 2.99. The zero-order valence-electron chi connectivity index (χ0n) is 14.7. The third kappa shape index (κ3) is 3.10. The highest BCUT2D eigenvalue weighted by atomic mass is 19.1. The van der Waals surface area contributed by atoms with Crippen molar-refractivity contribution in [3.63, 3.8) is 0 Å². The van der Waals surface area contributed by atoms with Gasteiger partial charge in [-0.05, 0) is 35.6 Å². The average molecular weight is 354 g/mol. The number of rotatable bonds is 6. The Morgan fingerprint density at radius 3 is 2.81 bits per heavy atom. The smallest absolute Gasteiger partial charge is 0.260 e. The van der Waals surface area contributed by atoms with Gasteiger partial charge in [0, 0.05) is 30.7 Å². The van der Waals surface area contributed by atoms with E-state index in [0.717, 1.165) is 12.8 Å². The standard InChI is InChI=1S/C20H19FN2O3/c1-3-4-7-23-11-16(14-5-6-22-10-15(14)20(23)25)13-8-18(21)17(12-24)19(9-13)26-2/h5-6,8-12H,3-4,7H2,1-2H3. The van der Waals surface area contributed by atoms with Crippen LogP contribution in [0.2, 0.25) is 0 Å². The van der Waals surface area contributed by atoms with Gasteiger partial charge in [0.25, 0.3) is 5.56 Å². The van der Waals surface area contributed by atoms with Crippen LogP contribution in [0.1, 0.15) is 30.1 Å². The Morgan fingerprint density at radius 2 is 2.12 bits per heavy atom. The van der Waals surface area contributed by atoms with Gasteiger partial charge in [-0.1, -0.05) is 13.3 Å². The second-order valence-electron chi connectivity index (χ2n) is 6.01. The van der Waals surface area contributed by atoms with Gasteiger partial charge in [-0.15, -0.1) is 0 Å². The second-order valence-corrected chi connectivity index (χ2v) is 6.01. The maximum atomic E-state index is 14.4. The highest BCUT2D eigenvalue weighted by Gasteiger charge is 2.16. The van der Waals surface area contributed by atoms with Crippen molar-refractivity contribution < 1.29 is 13.9 Å². The molecule has 0 bridgehead atoms. The first-order valence-corrected chi connectivity index (χ1v) is 8.41. The van der Waals surface area contributed by atoms with Crippen molar-refractivity contribution in [1.29, 1.82) is 0 Å². The molecule has 0 fully saturated rings. The van der Waals surface area contributed by atoms with E-state index in [0.29, 0.717) is 34.7 Å². The van der Waals surface area contributed by atoms with E-state index in [2.05, 4.69) is 4.98 Å². The highest BCUT2D eigenvalue weighted by Crippen LogP contribution is 2.32. The molecule has 0 aliphatic rings. The van der Waals surface area contributed by atoms with E-state index in [1.54, 1.807) is 29.1 Å². The largest absolute Gasteiger partial charge is 0.496 e. The number of benzene rings is 1. The van der Waals surface area contributed by atoms with Crippen LogP contribution in [0.5, 0.6) is 5.75 Å². The van der Waals surface area contributed by atoms with Crippen molar-refractivity contribution in [3.05, 3.63) is 58.5 Å². The number of ether oxygens (including phenoxy) is 1. The van der Waals surface area contributed by atoms with E-state index >= 15 is 0 Å². The minimum absolute atomic E-state index is 0.123. The molecule has 0 atom stereocenters. The van der Waals surface area contributed by atoms with Crippen molar-refractivity contribution in [3.8, 4) is 16.9 Å². The summed E-state index contributed by atoms with van der Waals surface area (Å²) in [5, 5.41) is 1.15. The summed E-state index contributed by atoms with van der Waals surface area (Å²) in [4.78, 5) is 27.8. The number of nitrogens with zero attached hydrogens (tertiary/aromatic N) is 2. The molecule has 2 aromatic heterocycles. The van der Waals surface area contributed by atoms with Gasteiger partial charge >= 0.3 is 0 Å². The van der Waals surface area contributed by atoms with E-state index < -0.39 is 5.82 Å². The van der Waals surface area contributed by atoms with Crippen LogP contribution >= 0.6 is 0 Å². The number of methoxy groups -OCH3 is 1. The molecule has 0 aliphatic carbocycles. The predicted octanol–water partition coefficient (Wildman–Crippen LogP) is 3.82. The van der Waals surface area contributed by atoms with Crippen molar-refractivity contribution >= 4 is 17.1 Å². The van der Waals surface area contributed by atoms with Crippen LogP contribution in [0.25, 0.3) is 21.9 Å². The summed E-state index contributed by atoms with van der Waals surface area (Å²) in [6, 6.07) is 4.63. The lowest BCUT2D eigenvalue weighted by atomic mass is 9.99. The molecule has 0 saturated carbocycles. The van der Waals surface area contributed by atoms with E-state index in [9.17, 15) is 14.0 Å². The molecule has 0 amide bonds. The zero-order chi connectivity index (χ0) is 18.7. The number of aryl methyl sites for hydroxylation is 1. The summed E-state index contributed by atoms with van der Waals surface area (Å²) >= 11 is 0.